The Morgan fingerprint density at radius 1 is 1.05 bits per heavy atom. The second-order valence-electron chi connectivity index (χ2n) is 3.94. The molecule has 0 bridgehead atoms. The van der Waals surface area contributed by atoms with Gasteiger partial charge in [0, 0.05) is 18.3 Å². The van der Waals surface area contributed by atoms with Gasteiger partial charge < -0.3 is 13.9 Å². The van der Waals surface area contributed by atoms with Crippen LogP contribution in [0.15, 0.2) is 40.9 Å². The number of benzene rings is 1. The molecule has 0 aliphatic rings. The molecule has 0 N–H and O–H groups in total. The first kappa shape index (κ1) is 11.5. The minimum Gasteiger partial charge on any atom is -0.497 e. The molecule has 0 unspecified atom stereocenters. The summed E-state index contributed by atoms with van der Waals surface area (Å²) in [6.45, 7) is 0. The molecule has 5 heteroatoms. The van der Waals surface area contributed by atoms with Crippen LogP contribution in [0.2, 0.25) is 0 Å². The summed E-state index contributed by atoms with van der Waals surface area (Å²) < 4.78 is 15.9. The fourth-order valence-electron chi connectivity index (χ4n) is 1.78. The maximum Gasteiger partial charge on any atom is 0.228 e. The van der Waals surface area contributed by atoms with Crippen molar-refractivity contribution in [3.8, 4) is 23.1 Å². The van der Waals surface area contributed by atoms with E-state index in [0.29, 0.717) is 17.4 Å². The molecule has 0 aliphatic heterocycles. The number of pyridine rings is 1. The molecule has 0 radical (unpaired) electrons. The molecule has 0 saturated carbocycles. The van der Waals surface area contributed by atoms with E-state index in [-0.39, 0.29) is 0 Å². The van der Waals surface area contributed by atoms with Gasteiger partial charge in [0.05, 0.1) is 19.8 Å². The van der Waals surface area contributed by atoms with Crippen LogP contribution in [0, 0.1) is 0 Å². The Hall–Kier alpha value is -2.56. The average molecular weight is 256 g/mol. The Labute approximate surface area is 109 Å². The number of oxazole rings is 1. The van der Waals surface area contributed by atoms with Crippen molar-refractivity contribution >= 4 is 11.1 Å². The van der Waals surface area contributed by atoms with E-state index in [4.69, 9.17) is 13.9 Å². The number of rotatable bonds is 3. The van der Waals surface area contributed by atoms with E-state index >= 15 is 0 Å². The normalized spacial score (nSPS) is 10.6. The molecule has 0 atom stereocenters. The van der Waals surface area contributed by atoms with Crippen LogP contribution < -0.4 is 9.47 Å². The summed E-state index contributed by atoms with van der Waals surface area (Å²) in [4.78, 5) is 8.54. The molecule has 0 spiro atoms. The molecule has 0 aliphatic carbocycles. The fraction of sp³-hybridized carbons (Fsp3) is 0.143. The van der Waals surface area contributed by atoms with E-state index in [1.165, 1.54) is 0 Å². The number of ether oxygens (including phenoxy) is 2. The zero-order chi connectivity index (χ0) is 13.2. The van der Waals surface area contributed by atoms with Crippen molar-refractivity contribution < 1.29 is 13.9 Å². The van der Waals surface area contributed by atoms with Crippen molar-refractivity contribution in [2.75, 3.05) is 14.2 Å². The zero-order valence-corrected chi connectivity index (χ0v) is 10.6. The summed E-state index contributed by atoms with van der Waals surface area (Å²) in [6, 6.07) is 9.14. The number of fused-ring (bicyclic) bond motifs is 1. The molecule has 2 aromatic heterocycles. The molecule has 1 aromatic carbocycles. The van der Waals surface area contributed by atoms with Gasteiger partial charge in [-0.1, -0.05) is 0 Å². The highest BCUT2D eigenvalue weighted by atomic mass is 16.5. The van der Waals surface area contributed by atoms with E-state index in [2.05, 4.69) is 9.97 Å². The second kappa shape index (κ2) is 4.61. The van der Waals surface area contributed by atoms with Crippen molar-refractivity contribution in [3.63, 3.8) is 0 Å². The standard InChI is InChI=1S/C14H12N2O3/c1-17-10-4-5-11-12(7-10)19-14(16-11)9-3-6-13(18-2)15-8-9/h3-8H,1-2H3. The number of hydrogen-bond acceptors (Lipinski definition) is 5. The third-order valence-electron chi connectivity index (χ3n) is 2.79. The van der Waals surface area contributed by atoms with E-state index in [1.54, 1.807) is 26.5 Å². The van der Waals surface area contributed by atoms with E-state index in [1.807, 2.05) is 24.3 Å². The lowest BCUT2D eigenvalue weighted by Gasteiger charge is -1.98. The van der Waals surface area contributed by atoms with Crippen molar-refractivity contribution in [1.29, 1.82) is 0 Å². The Bertz CT molecular complexity index is 704. The summed E-state index contributed by atoms with van der Waals surface area (Å²) in [5, 5.41) is 0. The van der Waals surface area contributed by atoms with E-state index < -0.39 is 0 Å². The molecular formula is C14H12N2O3. The van der Waals surface area contributed by atoms with Gasteiger partial charge >= 0.3 is 0 Å². The Morgan fingerprint density at radius 3 is 2.63 bits per heavy atom. The van der Waals surface area contributed by atoms with Crippen molar-refractivity contribution in [3.05, 3.63) is 36.5 Å². The van der Waals surface area contributed by atoms with Crippen LogP contribution in [-0.4, -0.2) is 24.2 Å². The van der Waals surface area contributed by atoms with E-state index in [0.717, 1.165) is 16.8 Å². The quantitative estimate of drug-likeness (QED) is 0.721. The van der Waals surface area contributed by atoms with Crippen LogP contribution in [0.1, 0.15) is 0 Å². The van der Waals surface area contributed by atoms with Crippen molar-refractivity contribution in [1.82, 2.24) is 9.97 Å². The monoisotopic (exact) mass is 256 g/mol. The van der Waals surface area contributed by atoms with Gasteiger partial charge in [0.15, 0.2) is 5.58 Å². The van der Waals surface area contributed by atoms with Gasteiger partial charge in [-0.2, -0.15) is 0 Å². The summed E-state index contributed by atoms with van der Waals surface area (Å²) in [6.07, 6.45) is 1.67. The van der Waals surface area contributed by atoms with Gasteiger partial charge in [0.1, 0.15) is 11.3 Å². The first-order valence-corrected chi connectivity index (χ1v) is 5.75. The third kappa shape index (κ3) is 2.10. The highest BCUT2D eigenvalue weighted by Gasteiger charge is 2.09. The minimum absolute atomic E-state index is 0.526. The summed E-state index contributed by atoms with van der Waals surface area (Å²) in [5.74, 6) is 1.82. The first-order chi connectivity index (χ1) is 9.30. The average Bonchev–Trinajstić information content (AvgIpc) is 2.90. The van der Waals surface area contributed by atoms with Gasteiger partial charge in [-0.05, 0) is 18.2 Å². The topological polar surface area (TPSA) is 57.4 Å². The largest absolute Gasteiger partial charge is 0.497 e. The van der Waals surface area contributed by atoms with Crippen LogP contribution in [-0.2, 0) is 0 Å². The van der Waals surface area contributed by atoms with Crippen LogP contribution in [0.4, 0.5) is 0 Å². The van der Waals surface area contributed by atoms with Gasteiger partial charge in [-0.25, -0.2) is 9.97 Å². The van der Waals surface area contributed by atoms with Crippen LogP contribution >= 0.6 is 0 Å². The second-order valence-corrected chi connectivity index (χ2v) is 3.94. The lowest BCUT2D eigenvalue weighted by atomic mass is 10.3. The molecular weight excluding hydrogens is 244 g/mol. The molecule has 5 nitrogen and oxygen atoms in total. The maximum absolute atomic E-state index is 5.70. The fourth-order valence-corrected chi connectivity index (χ4v) is 1.78. The predicted octanol–water partition coefficient (Wildman–Crippen LogP) is 2.91. The number of aromatic nitrogens is 2. The van der Waals surface area contributed by atoms with Crippen LogP contribution in [0.5, 0.6) is 11.6 Å². The third-order valence-corrected chi connectivity index (χ3v) is 2.79. The highest BCUT2D eigenvalue weighted by Crippen LogP contribution is 2.27. The maximum atomic E-state index is 5.70. The van der Waals surface area contributed by atoms with Crippen LogP contribution in [0.25, 0.3) is 22.6 Å². The molecule has 0 saturated heterocycles. The lowest BCUT2D eigenvalue weighted by molar-refractivity contribution is 0.398. The zero-order valence-electron chi connectivity index (χ0n) is 10.6. The number of nitrogens with zero attached hydrogens (tertiary/aromatic N) is 2. The molecule has 0 fully saturated rings. The Kier molecular flexibility index (Phi) is 2.79. The summed E-state index contributed by atoms with van der Waals surface area (Å²) >= 11 is 0. The van der Waals surface area contributed by atoms with Crippen molar-refractivity contribution in [2.45, 2.75) is 0 Å². The Balaban J connectivity index is 2.04. The van der Waals surface area contributed by atoms with Crippen LogP contribution in [0.3, 0.4) is 0 Å². The smallest absolute Gasteiger partial charge is 0.228 e. The van der Waals surface area contributed by atoms with Gasteiger partial charge in [-0.15, -0.1) is 0 Å². The van der Waals surface area contributed by atoms with Gasteiger partial charge in [0.2, 0.25) is 11.8 Å². The first-order valence-electron chi connectivity index (χ1n) is 5.75. The molecule has 3 aromatic rings. The van der Waals surface area contributed by atoms with E-state index in [9.17, 15) is 0 Å². The minimum atomic E-state index is 0.526. The number of methoxy groups -OCH3 is 2. The Morgan fingerprint density at radius 2 is 1.95 bits per heavy atom. The molecule has 3 rings (SSSR count). The lowest BCUT2D eigenvalue weighted by Crippen LogP contribution is -1.86. The predicted molar refractivity (Wildman–Crippen MR) is 70.3 cm³/mol. The number of hydrogen-bond donors (Lipinski definition) is 0. The van der Waals surface area contributed by atoms with Gasteiger partial charge in [-0.3, -0.25) is 0 Å². The SMILES string of the molecule is COc1ccc2nc(-c3ccc(OC)nc3)oc2c1. The molecule has 0 amide bonds. The highest BCUT2D eigenvalue weighted by molar-refractivity contribution is 5.77. The molecule has 96 valence electrons. The van der Waals surface area contributed by atoms with Gasteiger partial charge in [0.25, 0.3) is 0 Å². The molecule has 2 heterocycles. The molecule has 19 heavy (non-hydrogen) atoms. The van der Waals surface area contributed by atoms with Crippen molar-refractivity contribution in [2.24, 2.45) is 0 Å². The summed E-state index contributed by atoms with van der Waals surface area (Å²) in [5.41, 5.74) is 2.27. The summed E-state index contributed by atoms with van der Waals surface area (Å²) in [7, 11) is 3.19.